The minimum Gasteiger partial charge on any atom is -0.469 e. The van der Waals surface area contributed by atoms with Crippen LogP contribution in [0.2, 0.25) is 0 Å². The van der Waals surface area contributed by atoms with Crippen LogP contribution in [0.1, 0.15) is 18.1 Å². The van der Waals surface area contributed by atoms with Crippen molar-refractivity contribution in [2.24, 2.45) is 5.92 Å². The number of ether oxygens (including phenoxy) is 1. The Balaban J connectivity index is 2.78. The van der Waals surface area contributed by atoms with Crippen molar-refractivity contribution < 1.29 is 9.53 Å². The SMILES string of the molecule is COC(=O)C(C)Cc1ccc(SC)cc1C. The Morgan fingerprint density at radius 2 is 2.19 bits per heavy atom. The van der Waals surface area contributed by atoms with Crippen LogP contribution >= 0.6 is 11.8 Å². The van der Waals surface area contributed by atoms with E-state index in [1.165, 1.54) is 23.1 Å². The summed E-state index contributed by atoms with van der Waals surface area (Å²) in [5, 5.41) is 0. The summed E-state index contributed by atoms with van der Waals surface area (Å²) >= 11 is 1.73. The number of hydrogen-bond acceptors (Lipinski definition) is 3. The lowest BCUT2D eigenvalue weighted by Gasteiger charge is -2.12. The molecule has 0 aliphatic carbocycles. The number of hydrogen-bond donors (Lipinski definition) is 0. The van der Waals surface area contributed by atoms with Crippen molar-refractivity contribution in [1.82, 2.24) is 0 Å². The summed E-state index contributed by atoms with van der Waals surface area (Å²) in [6, 6.07) is 6.35. The van der Waals surface area contributed by atoms with Gasteiger partial charge in [0.15, 0.2) is 0 Å². The van der Waals surface area contributed by atoms with Gasteiger partial charge >= 0.3 is 5.97 Å². The van der Waals surface area contributed by atoms with Gasteiger partial charge < -0.3 is 4.74 Å². The lowest BCUT2D eigenvalue weighted by atomic mass is 9.98. The number of esters is 1. The first-order valence-electron chi connectivity index (χ1n) is 5.29. The van der Waals surface area contributed by atoms with Crippen molar-refractivity contribution in [2.75, 3.05) is 13.4 Å². The summed E-state index contributed by atoms with van der Waals surface area (Å²) in [6.07, 6.45) is 2.80. The maximum absolute atomic E-state index is 11.3. The molecule has 0 aromatic heterocycles. The maximum atomic E-state index is 11.3. The number of carbonyl (C=O) groups excluding carboxylic acids is 1. The zero-order chi connectivity index (χ0) is 12.1. The van der Waals surface area contributed by atoms with E-state index < -0.39 is 0 Å². The smallest absolute Gasteiger partial charge is 0.308 e. The van der Waals surface area contributed by atoms with Crippen LogP contribution in [0.3, 0.4) is 0 Å². The lowest BCUT2D eigenvalue weighted by molar-refractivity contribution is -0.144. The van der Waals surface area contributed by atoms with Gasteiger partial charge in [-0.15, -0.1) is 11.8 Å². The summed E-state index contributed by atoms with van der Waals surface area (Å²) in [6.45, 7) is 3.98. The van der Waals surface area contributed by atoms with Crippen LogP contribution in [-0.4, -0.2) is 19.3 Å². The molecule has 1 unspecified atom stereocenters. The van der Waals surface area contributed by atoms with Gasteiger partial charge in [-0.3, -0.25) is 4.79 Å². The number of benzene rings is 1. The molecule has 0 fully saturated rings. The third-order valence-corrected chi connectivity index (χ3v) is 3.40. The lowest BCUT2D eigenvalue weighted by Crippen LogP contribution is -2.15. The molecule has 1 aromatic rings. The monoisotopic (exact) mass is 238 g/mol. The van der Waals surface area contributed by atoms with Gasteiger partial charge in [-0.25, -0.2) is 0 Å². The first kappa shape index (κ1) is 13.1. The molecule has 0 saturated heterocycles. The molecule has 0 saturated carbocycles. The Morgan fingerprint density at radius 3 is 2.69 bits per heavy atom. The van der Waals surface area contributed by atoms with E-state index >= 15 is 0 Å². The predicted octanol–water partition coefficient (Wildman–Crippen LogP) is 3.07. The van der Waals surface area contributed by atoms with Crippen LogP contribution in [0.5, 0.6) is 0 Å². The van der Waals surface area contributed by atoms with Gasteiger partial charge in [-0.1, -0.05) is 13.0 Å². The van der Waals surface area contributed by atoms with Crippen LogP contribution in [0.25, 0.3) is 0 Å². The molecule has 1 rings (SSSR count). The summed E-state index contributed by atoms with van der Waals surface area (Å²) in [4.78, 5) is 12.6. The molecular weight excluding hydrogens is 220 g/mol. The molecular formula is C13H18O2S. The minimum absolute atomic E-state index is 0.0798. The Morgan fingerprint density at radius 1 is 1.50 bits per heavy atom. The third kappa shape index (κ3) is 3.27. The predicted molar refractivity (Wildman–Crippen MR) is 67.8 cm³/mol. The molecule has 2 nitrogen and oxygen atoms in total. The second-order valence-electron chi connectivity index (χ2n) is 3.92. The summed E-state index contributed by atoms with van der Waals surface area (Å²) in [5.74, 6) is -0.225. The van der Waals surface area contributed by atoms with Gasteiger partial charge in [0, 0.05) is 4.90 Å². The molecule has 16 heavy (non-hydrogen) atoms. The van der Waals surface area contributed by atoms with Crippen molar-refractivity contribution >= 4 is 17.7 Å². The summed E-state index contributed by atoms with van der Waals surface area (Å²) < 4.78 is 4.73. The molecule has 88 valence electrons. The largest absolute Gasteiger partial charge is 0.469 e. The average molecular weight is 238 g/mol. The molecule has 0 spiro atoms. The van der Waals surface area contributed by atoms with Gasteiger partial charge in [0.25, 0.3) is 0 Å². The third-order valence-electron chi connectivity index (χ3n) is 2.68. The van der Waals surface area contributed by atoms with Crippen molar-refractivity contribution in [3.05, 3.63) is 29.3 Å². The van der Waals surface area contributed by atoms with Crippen molar-refractivity contribution in [3.63, 3.8) is 0 Å². The van der Waals surface area contributed by atoms with Crippen LogP contribution in [0, 0.1) is 12.8 Å². The number of carbonyl (C=O) groups is 1. The van der Waals surface area contributed by atoms with E-state index in [2.05, 4.69) is 31.4 Å². The van der Waals surface area contributed by atoms with E-state index in [1.54, 1.807) is 11.8 Å². The summed E-state index contributed by atoms with van der Waals surface area (Å²) in [5.41, 5.74) is 2.46. The molecule has 0 radical (unpaired) electrons. The van der Waals surface area contributed by atoms with Gasteiger partial charge in [0.2, 0.25) is 0 Å². The van der Waals surface area contributed by atoms with E-state index in [-0.39, 0.29) is 11.9 Å². The van der Waals surface area contributed by atoms with Gasteiger partial charge in [-0.05, 0) is 42.9 Å². The van der Waals surface area contributed by atoms with Gasteiger partial charge in [0.05, 0.1) is 13.0 Å². The minimum atomic E-state index is -0.145. The Hall–Kier alpha value is -0.960. The van der Waals surface area contributed by atoms with Crippen molar-refractivity contribution in [3.8, 4) is 0 Å². The highest BCUT2D eigenvalue weighted by Crippen LogP contribution is 2.21. The van der Waals surface area contributed by atoms with E-state index in [9.17, 15) is 4.79 Å². The van der Waals surface area contributed by atoms with Crippen LogP contribution in [0.15, 0.2) is 23.1 Å². The number of aryl methyl sites for hydroxylation is 1. The molecule has 0 aliphatic heterocycles. The fourth-order valence-electron chi connectivity index (χ4n) is 1.64. The quantitative estimate of drug-likeness (QED) is 0.595. The molecule has 3 heteroatoms. The normalized spacial score (nSPS) is 12.2. The second kappa shape index (κ2) is 5.94. The second-order valence-corrected chi connectivity index (χ2v) is 4.80. The molecule has 0 heterocycles. The highest BCUT2D eigenvalue weighted by Gasteiger charge is 2.14. The Bertz CT molecular complexity index is 374. The standard InChI is InChI=1S/C13H18O2S/c1-9-8-12(16-4)6-5-11(9)7-10(2)13(14)15-3/h5-6,8,10H,7H2,1-4H3. The molecule has 0 aliphatic rings. The highest BCUT2D eigenvalue weighted by molar-refractivity contribution is 7.98. The van der Waals surface area contributed by atoms with Crippen molar-refractivity contribution in [1.29, 1.82) is 0 Å². The molecule has 0 amide bonds. The number of methoxy groups -OCH3 is 1. The van der Waals surface area contributed by atoms with Crippen molar-refractivity contribution in [2.45, 2.75) is 25.2 Å². The molecule has 1 aromatic carbocycles. The topological polar surface area (TPSA) is 26.3 Å². The van der Waals surface area contributed by atoms with E-state index in [0.29, 0.717) is 0 Å². The highest BCUT2D eigenvalue weighted by atomic mass is 32.2. The zero-order valence-corrected chi connectivity index (χ0v) is 11.1. The van der Waals surface area contributed by atoms with Crippen LogP contribution < -0.4 is 0 Å². The Kier molecular flexibility index (Phi) is 4.87. The first-order chi connectivity index (χ1) is 7.58. The molecule has 1 atom stereocenters. The molecule has 0 bridgehead atoms. The number of rotatable bonds is 4. The fraction of sp³-hybridized carbons (Fsp3) is 0.462. The van der Waals surface area contributed by atoms with E-state index in [4.69, 9.17) is 4.74 Å². The van der Waals surface area contributed by atoms with E-state index in [1.807, 2.05) is 6.92 Å². The van der Waals surface area contributed by atoms with Crippen LogP contribution in [0.4, 0.5) is 0 Å². The van der Waals surface area contributed by atoms with Gasteiger partial charge in [0.1, 0.15) is 0 Å². The first-order valence-corrected chi connectivity index (χ1v) is 6.52. The maximum Gasteiger partial charge on any atom is 0.308 e. The van der Waals surface area contributed by atoms with Crippen LogP contribution in [-0.2, 0) is 16.0 Å². The average Bonchev–Trinajstić information content (AvgIpc) is 2.30. The van der Waals surface area contributed by atoms with Gasteiger partial charge in [-0.2, -0.15) is 0 Å². The molecule has 0 N–H and O–H groups in total. The summed E-state index contributed by atoms with van der Waals surface area (Å²) in [7, 11) is 1.43. The Labute approximate surface area is 101 Å². The fourth-order valence-corrected chi connectivity index (χ4v) is 2.14. The van der Waals surface area contributed by atoms with E-state index in [0.717, 1.165) is 6.42 Å². The zero-order valence-electron chi connectivity index (χ0n) is 10.2. The number of thioether (sulfide) groups is 1.